The number of aromatic hydroxyl groups is 1. The van der Waals surface area contributed by atoms with E-state index in [0.717, 1.165) is 60.4 Å². The number of phenols is 1. The molecule has 1 saturated heterocycles. The van der Waals surface area contributed by atoms with Crippen LogP contribution in [-0.2, 0) is 6.42 Å². The van der Waals surface area contributed by atoms with E-state index in [1.54, 1.807) is 6.07 Å². The fraction of sp³-hybridized carbons (Fsp3) is 0.333. The van der Waals surface area contributed by atoms with Gasteiger partial charge in [0.1, 0.15) is 18.1 Å². The molecule has 1 aliphatic rings. The Bertz CT molecular complexity index is 916. The second-order valence-electron chi connectivity index (χ2n) is 7.60. The van der Waals surface area contributed by atoms with Gasteiger partial charge in [0.2, 0.25) is 0 Å². The minimum Gasteiger partial charge on any atom is -0.508 e. The molecule has 4 heteroatoms. The fourth-order valence-corrected chi connectivity index (χ4v) is 3.78. The second-order valence-corrected chi connectivity index (χ2v) is 7.60. The summed E-state index contributed by atoms with van der Waals surface area (Å²) in [6.07, 6.45) is 0.703. The van der Waals surface area contributed by atoms with Crippen LogP contribution < -0.4 is 4.74 Å². The molecular formula is C24H28N2O2. The topological polar surface area (TPSA) is 35.9 Å². The molecule has 28 heavy (non-hydrogen) atoms. The minimum atomic E-state index is 0.353. The summed E-state index contributed by atoms with van der Waals surface area (Å²) in [5.41, 5.74) is 2.14. The number of nitrogens with zero attached hydrogens (tertiary/aromatic N) is 2. The Hall–Kier alpha value is -2.56. The minimum absolute atomic E-state index is 0.353. The van der Waals surface area contributed by atoms with Gasteiger partial charge in [-0.1, -0.05) is 42.5 Å². The quantitative estimate of drug-likeness (QED) is 0.711. The van der Waals surface area contributed by atoms with Gasteiger partial charge >= 0.3 is 0 Å². The van der Waals surface area contributed by atoms with Crippen molar-refractivity contribution in [2.45, 2.75) is 6.42 Å². The zero-order valence-electron chi connectivity index (χ0n) is 16.5. The second kappa shape index (κ2) is 8.63. The lowest BCUT2D eigenvalue weighted by atomic mass is 9.97. The van der Waals surface area contributed by atoms with Crippen LogP contribution in [0.25, 0.3) is 10.8 Å². The van der Waals surface area contributed by atoms with E-state index in [1.807, 2.05) is 30.3 Å². The highest BCUT2D eigenvalue weighted by molar-refractivity contribution is 5.88. The van der Waals surface area contributed by atoms with Crippen LogP contribution in [0.2, 0.25) is 0 Å². The Balaban J connectivity index is 1.36. The van der Waals surface area contributed by atoms with Gasteiger partial charge in [0.25, 0.3) is 0 Å². The van der Waals surface area contributed by atoms with Crippen molar-refractivity contribution in [3.8, 4) is 11.5 Å². The van der Waals surface area contributed by atoms with Gasteiger partial charge in [-0.3, -0.25) is 4.90 Å². The van der Waals surface area contributed by atoms with Crippen molar-refractivity contribution in [2.75, 3.05) is 46.4 Å². The first kappa shape index (κ1) is 18.8. The van der Waals surface area contributed by atoms with Crippen molar-refractivity contribution in [3.63, 3.8) is 0 Å². The normalized spacial score (nSPS) is 15.8. The third kappa shape index (κ3) is 4.46. The lowest BCUT2D eigenvalue weighted by molar-refractivity contribution is 0.134. The largest absolute Gasteiger partial charge is 0.508 e. The smallest absolute Gasteiger partial charge is 0.119 e. The molecule has 0 atom stereocenters. The van der Waals surface area contributed by atoms with E-state index in [1.165, 1.54) is 0 Å². The number of benzene rings is 3. The SMILES string of the molecule is CN1CCN(CCOc2ccc(Cc3c(O)ccc4ccccc34)cc2)CC1. The first-order valence-electron chi connectivity index (χ1n) is 10.0. The molecule has 4 nitrogen and oxygen atoms in total. The molecular weight excluding hydrogens is 348 g/mol. The van der Waals surface area contributed by atoms with Gasteiger partial charge in [0, 0.05) is 44.7 Å². The van der Waals surface area contributed by atoms with Crippen LogP contribution in [0.3, 0.4) is 0 Å². The maximum atomic E-state index is 10.3. The Labute approximate surface area is 167 Å². The van der Waals surface area contributed by atoms with E-state index in [9.17, 15) is 5.11 Å². The summed E-state index contributed by atoms with van der Waals surface area (Å²) >= 11 is 0. The molecule has 0 amide bonds. The number of hydrogen-bond donors (Lipinski definition) is 1. The molecule has 1 heterocycles. The van der Waals surface area contributed by atoms with Crippen molar-refractivity contribution >= 4 is 10.8 Å². The predicted molar refractivity (Wildman–Crippen MR) is 114 cm³/mol. The van der Waals surface area contributed by atoms with Gasteiger partial charge in [-0.05, 0) is 41.6 Å². The maximum absolute atomic E-state index is 10.3. The first-order chi connectivity index (χ1) is 13.7. The number of fused-ring (bicyclic) bond motifs is 1. The van der Waals surface area contributed by atoms with E-state index in [2.05, 4.69) is 41.1 Å². The van der Waals surface area contributed by atoms with E-state index in [4.69, 9.17) is 4.74 Å². The molecule has 0 radical (unpaired) electrons. The molecule has 3 aromatic carbocycles. The van der Waals surface area contributed by atoms with Gasteiger partial charge in [-0.15, -0.1) is 0 Å². The molecule has 0 aromatic heterocycles. The molecule has 3 aromatic rings. The molecule has 0 aliphatic carbocycles. The van der Waals surface area contributed by atoms with Crippen LogP contribution in [0.5, 0.6) is 11.5 Å². The maximum Gasteiger partial charge on any atom is 0.119 e. The summed E-state index contributed by atoms with van der Waals surface area (Å²) in [4.78, 5) is 4.82. The average molecular weight is 377 g/mol. The average Bonchev–Trinajstić information content (AvgIpc) is 2.73. The van der Waals surface area contributed by atoms with Crippen molar-refractivity contribution in [2.24, 2.45) is 0 Å². The molecule has 0 unspecified atom stereocenters. The highest BCUT2D eigenvalue weighted by Crippen LogP contribution is 2.29. The third-order valence-corrected chi connectivity index (χ3v) is 5.59. The molecule has 0 saturated carbocycles. The van der Waals surface area contributed by atoms with Gasteiger partial charge in [-0.2, -0.15) is 0 Å². The zero-order valence-corrected chi connectivity index (χ0v) is 16.5. The number of hydrogen-bond acceptors (Lipinski definition) is 4. The van der Waals surface area contributed by atoms with Gasteiger partial charge in [0.05, 0.1) is 0 Å². The van der Waals surface area contributed by atoms with E-state index in [0.29, 0.717) is 18.8 Å². The highest BCUT2D eigenvalue weighted by Gasteiger charge is 2.13. The Morgan fingerprint density at radius 3 is 2.43 bits per heavy atom. The summed E-state index contributed by atoms with van der Waals surface area (Å²) in [5, 5.41) is 12.6. The van der Waals surface area contributed by atoms with E-state index in [-0.39, 0.29) is 0 Å². The molecule has 1 fully saturated rings. The molecule has 0 bridgehead atoms. The van der Waals surface area contributed by atoms with Crippen molar-refractivity contribution in [1.29, 1.82) is 0 Å². The Morgan fingerprint density at radius 1 is 0.893 bits per heavy atom. The summed E-state index contributed by atoms with van der Waals surface area (Å²) < 4.78 is 5.93. The summed E-state index contributed by atoms with van der Waals surface area (Å²) in [7, 11) is 2.17. The van der Waals surface area contributed by atoms with Crippen molar-refractivity contribution < 1.29 is 9.84 Å². The number of ether oxygens (including phenoxy) is 1. The molecule has 146 valence electrons. The lowest BCUT2D eigenvalue weighted by Gasteiger charge is -2.32. The summed E-state index contributed by atoms with van der Waals surface area (Å²) in [5.74, 6) is 1.26. The van der Waals surface area contributed by atoms with Crippen LogP contribution in [-0.4, -0.2) is 61.3 Å². The highest BCUT2D eigenvalue weighted by atomic mass is 16.5. The van der Waals surface area contributed by atoms with E-state index < -0.39 is 0 Å². The zero-order chi connectivity index (χ0) is 19.3. The van der Waals surface area contributed by atoms with E-state index >= 15 is 0 Å². The first-order valence-corrected chi connectivity index (χ1v) is 10.0. The monoisotopic (exact) mass is 376 g/mol. The molecule has 4 rings (SSSR count). The standard InChI is InChI=1S/C24H28N2O2/c1-25-12-14-26(15-13-25)16-17-28-21-9-6-19(7-10-21)18-23-22-5-3-2-4-20(22)8-11-24(23)27/h2-11,27H,12-18H2,1H3. The summed E-state index contributed by atoms with van der Waals surface area (Å²) in [6, 6.07) is 20.2. The van der Waals surface area contributed by atoms with Gasteiger partial charge in [0.15, 0.2) is 0 Å². The number of likely N-dealkylation sites (N-methyl/N-ethyl adjacent to an activating group) is 1. The van der Waals surface area contributed by atoms with Crippen LogP contribution >= 0.6 is 0 Å². The van der Waals surface area contributed by atoms with Crippen LogP contribution in [0, 0.1) is 0 Å². The van der Waals surface area contributed by atoms with Crippen LogP contribution in [0.1, 0.15) is 11.1 Å². The molecule has 1 aliphatic heterocycles. The fourth-order valence-electron chi connectivity index (χ4n) is 3.78. The van der Waals surface area contributed by atoms with Crippen molar-refractivity contribution in [3.05, 3.63) is 71.8 Å². The van der Waals surface area contributed by atoms with Crippen LogP contribution in [0.4, 0.5) is 0 Å². The lowest BCUT2D eigenvalue weighted by Crippen LogP contribution is -2.45. The third-order valence-electron chi connectivity index (χ3n) is 5.59. The number of piperazine rings is 1. The van der Waals surface area contributed by atoms with Crippen LogP contribution in [0.15, 0.2) is 60.7 Å². The predicted octanol–water partition coefficient (Wildman–Crippen LogP) is 3.76. The Kier molecular flexibility index (Phi) is 5.79. The van der Waals surface area contributed by atoms with Gasteiger partial charge in [-0.25, -0.2) is 0 Å². The Morgan fingerprint density at radius 2 is 1.64 bits per heavy atom. The number of phenolic OH excluding ortho intramolecular Hbond substituents is 1. The van der Waals surface area contributed by atoms with Gasteiger partial charge < -0.3 is 14.7 Å². The molecule has 1 N–H and O–H groups in total. The van der Waals surface area contributed by atoms with Crippen molar-refractivity contribution in [1.82, 2.24) is 9.80 Å². The number of rotatable bonds is 6. The molecule has 0 spiro atoms. The summed E-state index contributed by atoms with van der Waals surface area (Å²) in [6.45, 7) is 6.19.